The van der Waals surface area contributed by atoms with Crippen molar-refractivity contribution in [2.75, 3.05) is 0 Å². The second-order valence-electron chi connectivity index (χ2n) is 2.14. The Hall–Kier alpha value is 0.00247. The van der Waals surface area contributed by atoms with E-state index in [1.807, 2.05) is 0 Å². The zero-order valence-electron chi connectivity index (χ0n) is 4.80. The molecule has 0 aromatic carbocycles. The van der Waals surface area contributed by atoms with Gasteiger partial charge >= 0.3 is 0 Å². The van der Waals surface area contributed by atoms with Crippen LogP contribution in [0.1, 0.15) is 25.7 Å². The molecule has 0 spiro atoms. The summed E-state index contributed by atoms with van der Waals surface area (Å²) in [7, 11) is 0. The van der Waals surface area contributed by atoms with Crippen LogP contribution in [-0.4, -0.2) is 29.9 Å². The largest absolute Gasteiger partial charge is 0.465 e. The van der Waals surface area contributed by atoms with Gasteiger partial charge in [0.25, 0.3) is 6.47 Å². The van der Waals surface area contributed by atoms with Crippen LogP contribution in [0.4, 0.5) is 0 Å². The third-order valence-corrected chi connectivity index (χ3v) is 1.55. The molecule has 3 heteroatoms. The van der Waals surface area contributed by atoms with Crippen molar-refractivity contribution in [2.45, 2.75) is 31.8 Å². The highest BCUT2D eigenvalue weighted by molar-refractivity contribution is 5.75. The van der Waals surface area contributed by atoms with Crippen LogP contribution in [0.3, 0.4) is 0 Å². The summed E-state index contributed by atoms with van der Waals surface area (Å²) in [6.07, 6.45) is 4.82. The molecule has 1 aliphatic carbocycles. The van der Waals surface area contributed by atoms with E-state index < -0.39 is 0 Å². The number of hydrogen-bond acceptors (Lipinski definition) is 2. The fourth-order valence-electron chi connectivity index (χ4n) is 1.10. The van der Waals surface area contributed by atoms with Crippen molar-refractivity contribution >= 4 is 23.8 Å². The number of hydrogen-bond donors (Lipinski definition) is 0. The van der Waals surface area contributed by atoms with Crippen LogP contribution in [0, 0.1) is 0 Å². The van der Waals surface area contributed by atoms with Gasteiger partial charge in [-0.1, -0.05) is 0 Å². The molecule has 1 fully saturated rings. The fraction of sp³-hybridized carbons (Fsp3) is 0.833. The maximum absolute atomic E-state index is 9.74. The van der Waals surface area contributed by atoms with E-state index in [1.54, 1.807) is 0 Å². The van der Waals surface area contributed by atoms with Gasteiger partial charge in [0.05, 0.1) is 0 Å². The maximum Gasteiger partial charge on any atom is 0.293 e. The lowest BCUT2D eigenvalue weighted by Gasteiger charge is -2.03. The number of ether oxygens (including phenoxy) is 1. The van der Waals surface area contributed by atoms with E-state index >= 15 is 0 Å². The molecule has 0 aromatic rings. The van der Waals surface area contributed by atoms with Gasteiger partial charge in [0.1, 0.15) is 6.10 Å². The topological polar surface area (TPSA) is 26.3 Å². The molecule has 0 heterocycles. The second kappa shape index (κ2) is 4.84. The van der Waals surface area contributed by atoms with E-state index in [-0.39, 0.29) is 23.5 Å². The Kier molecular flexibility index (Phi) is 4.84. The molecular formula is C6H13AlO2. The fourth-order valence-corrected chi connectivity index (χ4v) is 1.10. The number of rotatable bonds is 2. The molecule has 0 amide bonds. The third kappa shape index (κ3) is 2.88. The summed E-state index contributed by atoms with van der Waals surface area (Å²) in [4.78, 5) is 9.74. The summed E-state index contributed by atoms with van der Waals surface area (Å²) in [5, 5.41) is 0. The van der Waals surface area contributed by atoms with Gasteiger partial charge in [0.15, 0.2) is 17.4 Å². The van der Waals surface area contributed by atoms with Crippen LogP contribution in [0.15, 0.2) is 0 Å². The lowest BCUT2D eigenvalue weighted by Crippen LogP contribution is -2.04. The van der Waals surface area contributed by atoms with Gasteiger partial charge in [-0.2, -0.15) is 0 Å². The lowest BCUT2D eigenvalue weighted by atomic mass is 10.3. The molecule has 0 N–H and O–H groups in total. The molecule has 0 aromatic heterocycles. The van der Waals surface area contributed by atoms with Crippen molar-refractivity contribution in [3.63, 3.8) is 0 Å². The third-order valence-electron chi connectivity index (χ3n) is 1.55. The van der Waals surface area contributed by atoms with E-state index in [1.165, 1.54) is 12.8 Å². The SMILES string of the molecule is O=COC1CCCC1.[AlH3]. The molecule has 0 saturated heterocycles. The minimum Gasteiger partial charge on any atom is -0.465 e. The highest BCUT2D eigenvalue weighted by atomic mass is 27.0. The van der Waals surface area contributed by atoms with Crippen LogP contribution >= 0.6 is 0 Å². The predicted octanol–water partition coefficient (Wildman–Crippen LogP) is -0.0819. The first-order valence-electron chi connectivity index (χ1n) is 3.02. The first-order valence-corrected chi connectivity index (χ1v) is 3.02. The van der Waals surface area contributed by atoms with Crippen LogP contribution < -0.4 is 0 Å². The second-order valence-corrected chi connectivity index (χ2v) is 2.14. The summed E-state index contributed by atoms with van der Waals surface area (Å²) in [6.45, 7) is 0.552. The molecule has 0 unspecified atom stereocenters. The minimum atomic E-state index is 0. The van der Waals surface area contributed by atoms with Gasteiger partial charge in [0, 0.05) is 0 Å². The standard InChI is InChI=1S/C6H10O2.Al.3H/c7-5-8-6-3-1-2-4-6;;;;/h5-6H,1-4H2;;;;. The molecule has 1 aliphatic rings. The average Bonchev–Trinajstić information content (AvgIpc) is 2.19. The first kappa shape index (κ1) is 9.00. The van der Waals surface area contributed by atoms with Gasteiger partial charge in [-0.05, 0) is 25.7 Å². The lowest BCUT2D eigenvalue weighted by molar-refractivity contribution is -0.133. The van der Waals surface area contributed by atoms with Gasteiger partial charge < -0.3 is 4.74 Å². The van der Waals surface area contributed by atoms with Crippen molar-refractivity contribution in [3.8, 4) is 0 Å². The zero-order chi connectivity index (χ0) is 5.82. The molecule has 1 rings (SSSR count). The van der Waals surface area contributed by atoms with Crippen LogP contribution in [0.5, 0.6) is 0 Å². The van der Waals surface area contributed by atoms with E-state index in [9.17, 15) is 4.79 Å². The highest BCUT2D eigenvalue weighted by Gasteiger charge is 2.14. The summed E-state index contributed by atoms with van der Waals surface area (Å²) in [5.41, 5.74) is 0. The van der Waals surface area contributed by atoms with Crippen molar-refractivity contribution in [1.29, 1.82) is 0 Å². The molecule has 9 heavy (non-hydrogen) atoms. The Balaban J connectivity index is 0.000000640. The average molecular weight is 144 g/mol. The predicted molar refractivity (Wildman–Crippen MR) is 39.3 cm³/mol. The Morgan fingerprint density at radius 3 is 2.33 bits per heavy atom. The van der Waals surface area contributed by atoms with E-state index in [4.69, 9.17) is 4.74 Å². The molecule has 2 nitrogen and oxygen atoms in total. The number of carbonyl (C=O) groups excluding carboxylic acids is 1. The first-order chi connectivity index (χ1) is 3.93. The van der Waals surface area contributed by atoms with Crippen molar-refractivity contribution in [1.82, 2.24) is 0 Å². The van der Waals surface area contributed by atoms with Crippen LogP contribution in [0.2, 0.25) is 0 Å². The van der Waals surface area contributed by atoms with Crippen molar-refractivity contribution in [3.05, 3.63) is 0 Å². The molecule has 0 aliphatic heterocycles. The Morgan fingerprint density at radius 2 is 1.89 bits per heavy atom. The van der Waals surface area contributed by atoms with Gasteiger partial charge in [-0.3, -0.25) is 4.79 Å². The summed E-state index contributed by atoms with van der Waals surface area (Å²) >= 11 is 0. The zero-order valence-corrected chi connectivity index (χ0v) is 4.80. The summed E-state index contributed by atoms with van der Waals surface area (Å²) in [5.74, 6) is 0. The van der Waals surface area contributed by atoms with E-state index in [0.29, 0.717) is 6.47 Å². The van der Waals surface area contributed by atoms with Crippen LogP contribution in [0.25, 0.3) is 0 Å². The molecular weight excluding hydrogens is 131 g/mol. The molecule has 0 atom stereocenters. The minimum absolute atomic E-state index is 0. The molecule has 0 radical (unpaired) electrons. The smallest absolute Gasteiger partial charge is 0.293 e. The van der Waals surface area contributed by atoms with Gasteiger partial charge in [-0.25, -0.2) is 0 Å². The van der Waals surface area contributed by atoms with E-state index in [0.717, 1.165) is 12.8 Å². The number of carbonyl (C=O) groups is 1. The monoisotopic (exact) mass is 144 g/mol. The normalized spacial score (nSPS) is 18.7. The molecule has 1 saturated carbocycles. The highest BCUT2D eigenvalue weighted by Crippen LogP contribution is 2.19. The maximum atomic E-state index is 9.74. The van der Waals surface area contributed by atoms with Gasteiger partial charge in [0.2, 0.25) is 0 Å². The summed E-state index contributed by atoms with van der Waals surface area (Å²) < 4.78 is 4.72. The van der Waals surface area contributed by atoms with Crippen molar-refractivity contribution < 1.29 is 9.53 Å². The Labute approximate surface area is 65.7 Å². The van der Waals surface area contributed by atoms with Crippen LogP contribution in [-0.2, 0) is 9.53 Å². The Morgan fingerprint density at radius 1 is 1.33 bits per heavy atom. The summed E-state index contributed by atoms with van der Waals surface area (Å²) in [6, 6.07) is 0. The van der Waals surface area contributed by atoms with Crippen molar-refractivity contribution in [2.24, 2.45) is 0 Å². The van der Waals surface area contributed by atoms with Gasteiger partial charge in [-0.15, -0.1) is 0 Å². The van der Waals surface area contributed by atoms with E-state index in [2.05, 4.69) is 0 Å². The molecule has 52 valence electrons. The molecule has 0 bridgehead atoms. The Bertz CT molecular complexity index is 79.1. The quantitative estimate of drug-likeness (QED) is 0.400.